The molecule has 0 radical (unpaired) electrons. The van der Waals surface area contributed by atoms with Crippen molar-refractivity contribution < 1.29 is 4.79 Å². The van der Waals surface area contributed by atoms with Crippen LogP contribution >= 0.6 is 0 Å². The van der Waals surface area contributed by atoms with E-state index in [0.717, 1.165) is 17.4 Å². The molecule has 1 N–H and O–H groups in total. The summed E-state index contributed by atoms with van der Waals surface area (Å²) in [6, 6.07) is 1.75. The molecule has 0 bridgehead atoms. The fraction of sp³-hybridized carbons (Fsp3) is 0.600. The number of carbonyl (C=O) groups is 1. The summed E-state index contributed by atoms with van der Waals surface area (Å²) in [5.74, 6) is -0.182. The second-order valence-electron chi connectivity index (χ2n) is 8.14. The zero-order valence-corrected chi connectivity index (χ0v) is 16.0. The molecule has 1 atom stereocenters. The average Bonchev–Trinajstić information content (AvgIpc) is 3.15. The third-order valence-corrected chi connectivity index (χ3v) is 6.62. The number of aryl methyl sites for hydroxylation is 1. The van der Waals surface area contributed by atoms with Gasteiger partial charge < -0.3 is 5.32 Å². The summed E-state index contributed by atoms with van der Waals surface area (Å²) >= 11 is 0. The van der Waals surface area contributed by atoms with Crippen molar-refractivity contribution in [3.63, 3.8) is 0 Å². The van der Waals surface area contributed by atoms with Crippen molar-refractivity contribution in [2.75, 3.05) is 0 Å². The van der Waals surface area contributed by atoms with Crippen molar-refractivity contribution in [2.24, 2.45) is 19.5 Å². The molecule has 2 saturated carbocycles. The fourth-order valence-electron chi connectivity index (χ4n) is 5.04. The molecule has 2 aromatic rings. The number of hydrogen-bond donors (Lipinski definition) is 1. The molecule has 7 nitrogen and oxygen atoms in total. The van der Waals surface area contributed by atoms with Crippen molar-refractivity contribution in [3.8, 4) is 0 Å². The quantitative estimate of drug-likeness (QED) is 0.874. The summed E-state index contributed by atoms with van der Waals surface area (Å²) in [5, 5.41) is 3.52. The number of hydrogen-bond acceptors (Lipinski definition) is 4. The van der Waals surface area contributed by atoms with Crippen LogP contribution in [0.25, 0.3) is 11.0 Å². The molecule has 2 fully saturated rings. The van der Waals surface area contributed by atoms with Crippen LogP contribution in [0.2, 0.25) is 0 Å². The van der Waals surface area contributed by atoms with Crippen molar-refractivity contribution in [2.45, 2.75) is 57.4 Å². The fourth-order valence-corrected chi connectivity index (χ4v) is 5.04. The van der Waals surface area contributed by atoms with Gasteiger partial charge in [0.15, 0.2) is 0 Å². The topological polar surface area (TPSA) is 86.0 Å². The van der Waals surface area contributed by atoms with Gasteiger partial charge in [-0.05, 0) is 37.2 Å². The normalized spacial score (nSPS) is 21.6. The third kappa shape index (κ3) is 2.89. The van der Waals surface area contributed by atoms with Crippen LogP contribution in [0.15, 0.2) is 21.9 Å². The van der Waals surface area contributed by atoms with Crippen molar-refractivity contribution in [1.29, 1.82) is 0 Å². The van der Waals surface area contributed by atoms with Crippen LogP contribution < -0.4 is 16.6 Å². The molecule has 1 spiro atoms. The lowest BCUT2D eigenvalue weighted by molar-refractivity contribution is 0.0805. The maximum atomic E-state index is 12.9. The van der Waals surface area contributed by atoms with Gasteiger partial charge >= 0.3 is 5.69 Å². The maximum Gasteiger partial charge on any atom is 0.332 e. The van der Waals surface area contributed by atoms with Gasteiger partial charge in [0.2, 0.25) is 0 Å². The van der Waals surface area contributed by atoms with E-state index in [9.17, 15) is 14.4 Å². The minimum absolute atomic E-state index is 0.182. The largest absolute Gasteiger partial charge is 0.349 e. The molecule has 0 saturated heterocycles. The van der Waals surface area contributed by atoms with E-state index in [4.69, 9.17) is 0 Å². The van der Waals surface area contributed by atoms with Crippen molar-refractivity contribution >= 4 is 16.9 Å². The van der Waals surface area contributed by atoms with Gasteiger partial charge in [-0.25, -0.2) is 9.78 Å². The lowest BCUT2D eigenvalue weighted by Crippen LogP contribution is -2.48. The molecular weight excluding hydrogens is 344 g/mol. The highest BCUT2D eigenvalue weighted by Crippen LogP contribution is 2.49. The van der Waals surface area contributed by atoms with Gasteiger partial charge in [0, 0.05) is 26.3 Å². The Kier molecular flexibility index (Phi) is 4.40. The molecule has 2 aromatic heterocycles. The molecule has 144 valence electrons. The van der Waals surface area contributed by atoms with Crippen molar-refractivity contribution in [1.82, 2.24) is 19.4 Å². The van der Waals surface area contributed by atoms with Crippen LogP contribution in [0.5, 0.6) is 0 Å². The van der Waals surface area contributed by atoms with Gasteiger partial charge in [-0.2, -0.15) is 0 Å². The Morgan fingerprint density at radius 3 is 2.48 bits per heavy atom. The average molecular weight is 370 g/mol. The summed E-state index contributed by atoms with van der Waals surface area (Å²) in [6.07, 6.45) is 10.9. The summed E-state index contributed by atoms with van der Waals surface area (Å²) in [6.45, 7) is 0. The lowest BCUT2D eigenvalue weighted by Gasteiger charge is -2.42. The SMILES string of the molecule is Cn1c(=O)c2cc(C(=O)NC3CCCCC34CCCC4)cnc2n(C)c1=O. The number of nitrogens with one attached hydrogen (secondary N) is 1. The molecule has 2 heterocycles. The number of aromatic nitrogens is 3. The van der Waals surface area contributed by atoms with Gasteiger partial charge in [-0.1, -0.05) is 25.7 Å². The molecular formula is C20H26N4O3. The monoisotopic (exact) mass is 370 g/mol. The van der Waals surface area contributed by atoms with Gasteiger partial charge in [0.1, 0.15) is 5.65 Å². The maximum absolute atomic E-state index is 12.9. The van der Waals surface area contributed by atoms with Crippen molar-refractivity contribution in [3.05, 3.63) is 38.7 Å². The van der Waals surface area contributed by atoms with Crippen LogP contribution in [-0.2, 0) is 14.1 Å². The zero-order chi connectivity index (χ0) is 19.2. The minimum Gasteiger partial charge on any atom is -0.349 e. The van der Waals surface area contributed by atoms with Gasteiger partial charge in [-0.3, -0.25) is 18.7 Å². The van der Waals surface area contributed by atoms with Crippen LogP contribution in [0.4, 0.5) is 0 Å². The zero-order valence-electron chi connectivity index (χ0n) is 16.0. The van der Waals surface area contributed by atoms with E-state index in [2.05, 4.69) is 10.3 Å². The van der Waals surface area contributed by atoms with E-state index in [-0.39, 0.29) is 22.8 Å². The predicted octanol–water partition coefficient (Wildman–Crippen LogP) is 1.86. The molecule has 0 aliphatic heterocycles. The standard InChI is InChI=1S/C20H26N4O3/c1-23-16-14(18(26)24(2)19(23)27)11-13(12-21-16)17(25)22-15-7-3-4-8-20(15)9-5-6-10-20/h11-12,15H,3-10H2,1-2H3,(H,22,25). The first-order valence-electron chi connectivity index (χ1n) is 9.80. The summed E-state index contributed by atoms with van der Waals surface area (Å²) in [4.78, 5) is 41.6. The van der Waals surface area contributed by atoms with E-state index in [0.29, 0.717) is 11.2 Å². The van der Waals surface area contributed by atoms with E-state index in [1.807, 2.05) is 0 Å². The number of carbonyl (C=O) groups excluding carboxylic acids is 1. The summed E-state index contributed by atoms with van der Waals surface area (Å²) < 4.78 is 2.37. The van der Waals surface area contributed by atoms with Crippen LogP contribution in [0.1, 0.15) is 61.7 Å². The Labute approximate surface area is 157 Å². The smallest absolute Gasteiger partial charge is 0.332 e. The molecule has 4 rings (SSSR count). The van der Waals surface area contributed by atoms with E-state index in [1.54, 1.807) is 13.1 Å². The van der Waals surface area contributed by atoms with Gasteiger partial charge in [0.25, 0.3) is 11.5 Å². The number of pyridine rings is 1. The Balaban J connectivity index is 1.67. The Morgan fingerprint density at radius 1 is 1.11 bits per heavy atom. The molecule has 7 heteroatoms. The molecule has 1 unspecified atom stereocenters. The second-order valence-corrected chi connectivity index (χ2v) is 8.14. The molecule has 27 heavy (non-hydrogen) atoms. The second kappa shape index (κ2) is 6.62. The predicted molar refractivity (Wildman–Crippen MR) is 103 cm³/mol. The number of rotatable bonds is 2. The first kappa shape index (κ1) is 17.9. The lowest BCUT2D eigenvalue weighted by atomic mass is 9.69. The first-order chi connectivity index (χ1) is 12.9. The van der Waals surface area contributed by atoms with Crippen LogP contribution in [-0.4, -0.2) is 26.1 Å². The molecule has 0 aromatic carbocycles. The molecule has 2 aliphatic carbocycles. The number of amides is 1. The highest BCUT2D eigenvalue weighted by Gasteiger charge is 2.43. The first-order valence-corrected chi connectivity index (χ1v) is 9.80. The van der Waals surface area contributed by atoms with E-state index < -0.39 is 11.2 Å². The minimum atomic E-state index is -0.430. The van der Waals surface area contributed by atoms with Crippen LogP contribution in [0, 0.1) is 5.41 Å². The Morgan fingerprint density at radius 2 is 1.78 bits per heavy atom. The highest BCUT2D eigenvalue weighted by molar-refractivity contribution is 5.96. The molecule has 2 aliphatic rings. The summed E-state index contributed by atoms with van der Waals surface area (Å²) in [5.41, 5.74) is 0.0578. The van der Waals surface area contributed by atoms with Gasteiger partial charge in [-0.15, -0.1) is 0 Å². The Bertz CT molecular complexity index is 1010. The highest BCUT2D eigenvalue weighted by atomic mass is 16.2. The van der Waals surface area contributed by atoms with E-state index in [1.165, 1.54) is 56.3 Å². The van der Waals surface area contributed by atoms with E-state index >= 15 is 0 Å². The number of fused-ring (bicyclic) bond motifs is 1. The third-order valence-electron chi connectivity index (χ3n) is 6.62. The summed E-state index contributed by atoms with van der Waals surface area (Å²) in [7, 11) is 3.01. The number of nitrogens with zero attached hydrogens (tertiary/aromatic N) is 3. The van der Waals surface area contributed by atoms with Crippen LogP contribution in [0.3, 0.4) is 0 Å². The molecule has 1 amide bonds. The Hall–Kier alpha value is -2.44. The van der Waals surface area contributed by atoms with Gasteiger partial charge in [0.05, 0.1) is 10.9 Å².